The van der Waals surface area contributed by atoms with E-state index < -0.39 is 0 Å². The van der Waals surface area contributed by atoms with Crippen molar-refractivity contribution < 1.29 is 0 Å². The van der Waals surface area contributed by atoms with Crippen molar-refractivity contribution in [2.75, 3.05) is 11.5 Å². The average Bonchev–Trinajstić information content (AvgIpc) is 2.03. The van der Waals surface area contributed by atoms with E-state index in [1.807, 2.05) is 6.08 Å². The van der Waals surface area contributed by atoms with Gasteiger partial charge in [-0.25, -0.2) is 0 Å². The van der Waals surface area contributed by atoms with Crippen LogP contribution >= 0.6 is 11.8 Å². The number of thioether (sulfide) groups is 1. The second kappa shape index (κ2) is 10.1. The molecule has 0 saturated carbocycles. The third-order valence-electron chi connectivity index (χ3n) is 1.61. The van der Waals surface area contributed by atoms with Crippen LogP contribution in [0, 0.1) is 0 Å². The van der Waals surface area contributed by atoms with Crippen molar-refractivity contribution in [2.24, 2.45) is 0 Å². The molecule has 11 heavy (non-hydrogen) atoms. The van der Waals surface area contributed by atoms with Gasteiger partial charge in [-0.05, 0) is 24.3 Å². The normalized spacial score (nSPS) is 9.91. The van der Waals surface area contributed by atoms with Gasteiger partial charge < -0.3 is 0 Å². The molecular weight excluding hydrogens is 152 g/mol. The molecule has 0 fully saturated rings. The molecule has 66 valence electrons. The highest BCUT2D eigenvalue weighted by Crippen LogP contribution is 2.08. The molecule has 0 spiro atoms. The lowest BCUT2D eigenvalue weighted by Crippen LogP contribution is -1.82. The Hall–Kier alpha value is 0.0900. The summed E-state index contributed by atoms with van der Waals surface area (Å²) in [4.78, 5) is 0. The van der Waals surface area contributed by atoms with Gasteiger partial charge in [0.15, 0.2) is 0 Å². The quantitative estimate of drug-likeness (QED) is 0.395. The van der Waals surface area contributed by atoms with Crippen LogP contribution in [-0.4, -0.2) is 11.5 Å². The maximum atomic E-state index is 3.69. The molecule has 0 radical (unpaired) electrons. The van der Waals surface area contributed by atoms with Crippen LogP contribution in [0.3, 0.4) is 0 Å². The van der Waals surface area contributed by atoms with Crippen molar-refractivity contribution in [3.8, 4) is 0 Å². The minimum absolute atomic E-state index is 1.17. The zero-order chi connectivity index (χ0) is 8.36. The van der Waals surface area contributed by atoms with Crippen LogP contribution in [-0.2, 0) is 0 Å². The second-order valence-corrected chi connectivity index (χ2v) is 3.98. The summed E-state index contributed by atoms with van der Waals surface area (Å²) in [5, 5.41) is 0. The Labute approximate surface area is 75.5 Å². The van der Waals surface area contributed by atoms with Gasteiger partial charge in [-0.2, -0.15) is 11.8 Å². The summed E-state index contributed by atoms with van der Waals surface area (Å²) in [7, 11) is 0. The molecule has 0 aromatic heterocycles. The van der Waals surface area contributed by atoms with E-state index in [4.69, 9.17) is 0 Å². The Balaban J connectivity index is 2.74. The smallest absolute Gasteiger partial charge is 0.00330 e. The summed E-state index contributed by atoms with van der Waals surface area (Å²) in [6.07, 6.45) is 8.73. The van der Waals surface area contributed by atoms with Crippen molar-refractivity contribution in [1.29, 1.82) is 0 Å². The molecule has 0 nitrogen and oxygen atoms in total. The molecule has 0 unspecified atom stereocenters. The van der Waals surface area contributed by atoms with E-state index in [1.165, 1.54) is 43.6 Å². The molecule has 0 aromatic rings. The number of hydrogen-bond acceptors (Lipinski definition) is 1. The molecule has 0 aliphatic carbocycles. The van der Waals surface area contributed by atoms with Crippen molar-refractivity contribution in [2.45, 2.75) is 39.0 Å². The van der Waals surface area contributed by atoms with E-state index in [2.05, 4.69) is 25.3 Å². The van der Waals surface area contributed by atoms with Gasteiger partial charge in [0.25, 0.3) is 0 Å². The third-order valence-corrected chi connectivity index (χ3v) is 2.71. The minimum Gasteiger partial charge on any atom is -0.162 e. The zero-order valence-electron chi connectivity index (χ0n) is 7.64. The fourth-order valence-electron chi connectivity index (χ4n) is 0.900. The summed E-state index contributed by atoms with van der Waals surface area (Å²) >= 11 is 2.06. The first-order valence-corrected chi connectivity index (χ1v) is 5.76. The molecule has 0 rings (SSSR count). The SMILES string of the molecule is C=CCCSCCCCCC. The van der Waals surface area contributed by atoms with E-state index in [9.17, 15) is 0 Å². The Kier molecular flexibility index (Phi) is 10.2. The number of rotatable bonds is 8. The molecule has 0 aromatic carbocycles. The molecular formula is C10H20S. The lowest BCUT2D eigenvalue weighted by atomic mass is 10.2. The highest BCUT2D eigenvalue weighted by molar-refractivity contribution is 7.99. The van der Waals surface area contributed by atoms with Crippen LogP contribution in [0.1, 0.15) is 39.0 Å². The van der Waals surface area contributed by atoms with Crippen LogP contribution in [0.15, 0.2) is 12.7 Å². The first-order valence-electron chi connectivity index (χ1n) is 4.60. The Morgan fingerprint density at radius 2 is 2.00 bits per heavy atom. The molecule has 0 heterocycles. The topological polar surface area (TPSA) is 0 Å². The molecule has 0 atom stereocenters. The van der Waals surface area contributed by atoms with E-state index in [0.29, 0.717) is 0 Å². The Morgan fingerprint density at radius 3 is 2.64 bits per heavy atom. The Bertz CT molecular complexity index is 78.9. The number of hydrogen-bond donors (Lipinski definition) is 0. The monoisotopic (exact) mass is 172 g/mol. The standard InChI is InChI=1S/C10H20S/c1-3-5-7-8-10-11-9-6-4-2/h4H,2-3,5-10H2,1H3. The lowest BCUT2D eigenvalue weighted by molar-refractivity contribution is 0.706. The fraction of sp³-hybridized carbons (Fsp3) is 0.800. The van der Waals surface area contributed by atoms with Crippen LogP contribution in [0.5, 0.6) is 0 Å². The third kappa shape index (κ3) is 10.1. The maximum absolute atomic E-state index is 3.69. The van der Waals surface area contributed by atoms with Crippen LogP contribution in [0.2, 0.25) is 0 Å². The van der Waals surface area contributed by atoms with Crippen LogP contribution in [0.25, 0.3) is 0 Å². The van der Waals surface area contributed by atoms with Crippen molar-refractivity contribution in [3.05, 3.63) is 12.7 Å². The van der Waals surface area contributed by atoms with Crippen molar-refractivity contribution in [3.63, 3.8) is 0 Å². The first kappa shape index (κ1) is 11.1. The highest BCUT2D eigenvalue weighted by Gasteiger charge is 1.88. The molecule has 1 heteroatoms. The van der Waals surface area contributed by atoms with Crippen LogP contribution < -0.4 is 0 Å². The van der Waals surface area contributed by atoms with Crippen molar-refractivity contribution in [1.82, 2.24) is 0 Å². The number of allylic oxidation sites excluding steroid dienone is 1. The summed E-state index contributed by atoms with van der Waals surface area (Å²) < 4.78 is 0. The van der Waals surface area contributed by atoms with Gasteiger partial charge in [-0.15, -0.1) is 6.58 Å². The minimum atomic E-state index is 1.17. The van der Waals surface area contributed by atoms with Gasteiger partial charge in [-0.1, -0.05) is 32.3 Å². The van der Waals surface area contributed by atoms with Crippen molar-refractivity contribution >= 4 is 11.8 Å². The molecule has 0 N–H and O–H groups in total. The summed E-state index contributed by atoms with van der Waals surface area (Å²) in [5.41, 5.74) is 0. The molecule has 0 saturated heterocycles. The highest BCUT2D eigenvalue weighted by atomic mass is 32.2. The summed E-state index contributed by atoms with van der Waals surface area (Å²) in [6.45, 7) is 5.95. The Morgan fingerprint density at radius 1 is 1.18 bits per heavy atom. The average molecular weight is 172 g/mol. The first-order chi connectivity index (χ1) is 5.41. The van der Waals surface area contributed by atoms with Gasteiger partial charge in [0.2, 0.25) is 0 Å². The molecule has 0 aliphatic heterocycles. The molecule has 0 amide bonds. The second-order valence-electron chi connectivity index (χ2n) is 2.75. The van der Waals surface area contributed by atoms with Gasteiger partial charge >= 0.3 is 0 Å². The van der Waals surface area contributed by atoms with Crippen LogP contribution in [0.4, 0.5) is 0 Å². The van der Waals surface area contributed by atoms with E-state index >= 15 is 0 Å². The largest absolute Gasteiger partial charge is 0.162 e. The molecule has 0 bridgehead atoms. The van der Waals surface area contributed by atoms with E-state index in [1.54, 1.807) is 0 Å². The lowest BCUT2D eigenvalue weighted by Gasteiger charge is -1.98. The fourth-order valence-corrected chi connectivity index (χ4v) is 1.85. The predicted octanol–water partition coefficient (Wildman–Crippen LogP) is 3.88. The maximum Gasteiger partial charge on any atom is -0.00330 e. The van der Waals surface area contributed by atoms with Gasteiger partial charge in [-0.3, -0.25) is 0 Å². The summed E-state index contributed by atoms with van der Waals surface area (Å²) in [5.74, 6) is 2.60. The van der Waals surface area contributed by atoms with E-state index in [-0.39, 0.29) is 0 Å². The molecule has 0 aliphatic rings. The van der Waals surface area contributed by atoms with Gasteiger partial charge in [0.1, 0.15) is 0 Å². The van der Waals surface area contributed by atoms with E-state index in [0.717, 1.165) is 0 Å². The predicted molar refractivity (Wildman–Crippen MR) is 56.3 cm³/mol. The zero-order valence-corrected chi connectivity index (χ0v) is 8.46. The van der Waals surface area contributed by atoms with Gasteiger partial charge in [0.05, 0.1) is 0 Å². The van der Waals surface area contributed by atoms with Gasteiger partial charge in [0, 0.05) is 0 Å². The summed E-state index contributed by atoms with van der Waals surface area (Å²) in [6, 6.07) is 0. The number of unbranched alkanes of at least 4 members (excludes halogenated alkanes) is 3.